The fourth-order valence-electron chi connectivity index (χ4n) is 3.74. The molecule has 0 saturated carbocycles. The third kappa shape index (κ3) is 8.23. The van der Waals surface area contributed by atoms with Gasteiger partial charge in [0.2, 0.25) is 5.88 Å². The minimum Gasteiger partial charge on any atom is -0.476 e. The number of aromatic nitrogens is 2. The fourth-order valence-corrected chi connectivity index (χ4v) is 4.66. The summed E-state index contributed by atoms with van der Waals surface area (Å²) in [5.74, 6) is -1.15. The summed E-state index contributed by atoms with van der Waals surface area (Å²) < 4.78 is 33.9. The van der Waals surface area contributed by atoms with Crippen LogP contribution in [0.5, 0.6) is 5.88 Å². The van der Waals surface area contributed by atoms with E-state index in [4.69, 9.17) is 4.74 Å². The van der Waals surface area contributed by atoms with Crippen molar-refractivity contribution in [3.8, 4) is 5.88 Å². The second-order valence-corrected chi connectivity index (χ2v) is 9.83. The molecule has 3 nitrogen and oxygen atoms in total. The van der Waals surface area contributed by atoms with E-state index in [1.165, 1.54) is 70.4 Å². The van der Waals surface area contributed by atoms with Gasteiger partial charge in [-0.3, -0.25) is 0 Å². The quantitative estimate of drug-likeness (QED) is 0.123. The van der Waals surface area contributed by atoms with E-state index in [1.807, 2.05) is 0 Å². The molecule has 31 heavy (non-hydrogen) atoms. The highest BCUT2D eigenvalue weighted by atomic mass is 79.9. The Morgan fingerprint density at radius 2 is 1.32 bits per heavy atom. The molecule has 1 atom stereocenters. The number of benzene rings is 1. The average molecular weight is 564 g/mol. The number of nitrogens with zero attached hydrogens (tertiary/aromatic N) is 2. The highest BCUT2D eigenvalue weighted by Gasteiger charge is 2.20. The number of hydrogen-bond acceptors (Lipinski definition) is 3. The van der Waals surface area contributed by atoms with Crippen LogP contribution >= 0.6 is 31.9 Å². The van der Waals surface area contributed by atoms with E-state index in [0.717, 1.165) is 12.8 Å². The highest BCUT2D eigenvalue weighted by molar-refractivity contribution is 9.11. The number of rotatable bonds is 15. The van der Waals surface area contributed by atoms with Crippen LogP contribution in [0.3, 0.4) is 0 Å². The lowest BCUT2D eigenvalue weighted by Gasteiger charge is -2.18. The summed E-state index contributed by atoms with van der Waals surface area (Å²) in [6, 6.07) is 0. The fraction of sp³-hybridized carbons (Fsp3) is 0.667. The van der Waals surface area contributed by atoms with Crippen molar-refractivity contribution in [1.29, 1.82) is 0 Å². The standard InChI is InChI=1S/C24H34Br2F2N2O/c1-3-5-7-9-10-12-14-17(13-11-8-6-4-2)16-31-18-15-29-23-19(25)21(27)22(28)20(26)24(23)30-18/h15,17H,3-14,16H2,1-2H3. The molecule has 174 valence electrons. The van der Waals surface area contributed by atoms with E-state index in [2.05, 4.69) is 55.7 Å². The number of halogens is 4. The van der Waals surface area contributed by atoms with Crippen LogP contribution in [0.15, 0.2) is 15.1 Å². The van der Waals surface area contributed by atoms with Gasteiger partial charge in [0, 0.05) is 0 Å². The maximum Gasteiger partial charge on any atom is 0.232 e. The molecule has 0 N–H and O–H groups in total. The van der Waals surface area contributed by atoms with E-state index in [0.29, 0.717) is 18.4 Å². The van der Waals surface area contributed by atoms with Gasteiger partial charge in [-0.2, -0.15) is 0 Å². The maximum absolute atomic E-state index is 14.1. The van der Waals surface area contributed by atoms with Crippen molar-refractivity contribution in [2.24, 2.45) is 5.92 Å². The number of ether oxygens (including phenoxy) is 1. The summed E-state index contributed by atoms with van der Waals surface area (Å²) in [5.41, 5.74) is 0.514. The molecular formula is C24H34Br2F2N2O. The van der Waals surface area contributed by atoms with Gasteiger partial charge >= 0.3 is 0 Å². The Labute approximate surface area is 202 Å². The smallest absolute Gasteiger partial charge is 0.232 e. The zero-order valence-corrected chi connectivity index (χ0v) is 21.8. The largest absolute Gasteiger partial charge is 0.476 e. The SMILES string of the molecule is CCCCCCCCC(CCCCCC)COc1cnc2c(Br)c(F)c(F)c(Br)c2n1. The third-order valence-electron chi connectivity index (χ3n) is 5.64. The zero-order valence-electron chi connectivity index (χ0n) is 18.7. The monoisotopic (exact) mass is 562 g/mol. The molecular weight excluding hydrogens is 530 g/mol. The predicted octanol–water partition coefficient (Wildman–Crippen LogP) is 9.15. The Kier molecular flexibility index (Phi) is 12.2. The molecule has 2 aromatic rings. The minimum atomic E-state index is -0.984. The number of hydrogen-bond donors (Lipinski definition) is 0. The van der Waals surface area contributed by atoms with Crippen LogP contribution in [0, 0.1) is 17.6 Å². The first-order valence-electron chi connectivity index (χ1n) is 11.6. The summed E-state index contributed by atoms with van der Waals surface area (Å²) in [5, 5.41) is 0. The van der Waals surface area contributed by atoms with E-state index in [1.54, 1.807) is 0 Å². The molecule has 0 radical (unpaired) electrons. The molecule has 0 saturated heterocycles. The molecule has 1 aromatic heterocycles. The van der Waals surface area contributed by atoms with Crippen LogP contribution in [0.2, 0.25) is 0 Å². The maximum atomic E-state index is 14.1. The van der Waals surface area contributed by atoms with E-state index >= 15 is 0 Å². The molecule has 1 heterocycles. The number of fused-ring (bicyclic) bond motifs is 1. The predicted molar refractivity (Wildman–Crippen MR) is 131 cm³/mol. The lowest BCUT2D eigenvalue weighted by molar-refractivity contribution is 0.217. The molecule has 0 amide bonds. The van der Waals surface area contributed by atoms with Gasteiger partial charge in [0.25, 0.3) is 0 Å². The summed E-state index contributed by atoms with van der Waals surface area (Å²) >= 11 is 6.16. The van der Waals surface area contributed by atoms with E-state index in [9.17, 15) is 8.78 Å². The van der Waals surface area contributed by atoms with Crippen LogP contribution in [-0.2, 0) is 0 Å². The first-order valence-corrected chi connectivity index (χ1v) is 13.2. The lowest BCUT2D eigenvalue weighted by Crippen LogP contribution is -2.13. The summed E-state index contributed by atoms with van der Waals surface area (Å²) in [7, 11) is 0. The average Bonchev–Trinajstić information content (AvgIpc) is 2.78. The highest BCUT2D eigenvalue weighted by Crippen LogP contribution is 2.34. The molecule has 1 unspecified atom stereocenters. The van der Waals surface area contributed by atoms with Crippen LogP contribution in [0.25, 0.3) is 11.0 Å². The molecule has 0 aliphatic rings. The van der Waals surface area contributed by atoms with Crippen molar-refractivity contribution in [2.75, 3.05) is 6.61 Å². The molecule has 0 bridgehead atoms. The van der Waals surface area contributed by atoms with Gasteiger partial charge < -0.3 is 4.74 Å². The van der Waals surface area contributed by atoms with E-state index < -0.39 is 11.6 Å². The van der Waals surface area contributed by atoms with Crippen molar-refractivity contribution >= 4 is 42.9 Å². The Bertz CT molecular complexity index is 820. The van der Waals surface area contributed by atoms with Crippen molar-refractivity contribution in [3.63, 3.8) is 0 Å². The van der Waals surface area contributed by atoms with Gasteiger partial charge in [-0.05, 0) is 50.6 Å². The molecule has 1 aromatic carbocycles. The lowest BCUT2D eigenvalue weighted by atomic mass is 9.95. The van der Waals surface area contributed by atoms with E-state index in [-0.39, 0.29) is 20.0 Å². The van der Waals surface area contributed by atoms with Crippen molar-refractivity contribution in [2.45, 2.75) is 90.9 Å². The van der Waals surface area contributed by atoms with Crippen LogP contribution in [0.4, 0.5) is 8.78 Å². The van der Waals surface area contributed by atoms with Crippen molar-refractivity contribution in [1.82, 2.24) is 9.97 Å². The Balaban J connectivity index is 1.98. The van der Waals surface area contributed by atoms with Crippen molar-refractivity contribution in [3.05, 3.63) is 26.8 Å². The normalized spacial score (nSPS) is 12.5. The minimum absolute atomic E-state index is 0.0286. The van der Waals surface area contributed by atoms with Gasteiger partial charge in [-0.25, -0.2) is 18.7 Å². The zero-order chi connectivity index (χ0) is 22.6. The Morgan fingerprint density at radius 3 is 1.94 bits per heavy atom. The molecule has 7 heteroatoms. The molecule has 2 rings (SSSR count). The topological polar surface area (TPSA) is 35.0 Å². The summed E-state index contributed by atoms with van der Waals surface area (Å²) in [4.78, 5) is 8.62. The molecule has 0 fully saturated rings. The molecule has 0 spiro atoms. The van der Waals surface area contributed by atoms with Gasteiger partial charge in [0.15, 0.2) is 11.6 Å². The first-order chi connectivity index (χ1) is 15.0. The van der Waals surface area contributed by atoms with Gasteiger partial charge in [-0.15, -0.1) is 0 Å². The second kappa shape index (κ2) is 14.4. The third-order valence-corrected chi connectivity index (χ3v) is 7.09. The molecule has 0 aliphatic heterocycles. The van der Waals surface area contributed by atoms with Crippen LogP contribution in [-0.4, -0.2) is 16.6 Å². The van der Waals surface area contributed by atoms with Crippen LogP contribution < -0.4 is 4.74 Å². The van der Waals surface area contributed by atoms with Crippen LogP contribution in [0.1, 0.15) is 90.9 Å². The Morgan fingerprint density at radius 1 is 0.806 bits per heavy atom. The number of unbranched alkanes of at least 4 members (excludes halogenated alkanes) is 8. The summed E-state index contributed by atoms with van der Waals surface area (Å²) in [6.07, 6.45) is 16.4. The molecule has 0 aliphatic carbocycles. The van der Waals surface area contributed by atoms with Gasteiger partial charge in [0.1, 0.15) is 11.0 Å². The van der Waals surface area contributed by atoms with Crippen molar-refractivity contribution < 1.29 is 13.5 Å². The van der Waals surface area contributed by atoms with Gasteiger partial charge in [0.05, 0.1) is 21.7 Å². The Hall–Kier alpha value is -0.820. The van der Waals surface area contributed by atoms with Gasteiger partial charge in [-0.1, -0.05) is 78.1 Å². The summed E-state index contributed by atoms with van der Waals surface area (Å²) in [6.45, 7) is 5.03. The second-order valence-electron chi connectivity index (χ2n) is 8.24. The first kappa shape index (κ1) is 26.4.